The van der Waals surface area contributed by atoms with Crippen molar-refractivity contribution in [3.63, 3.8) is 0 Å². The lowest BCUT2D eigenvalue weighted by molar-refractivity contribution is 0.0271. The number of ether oxygens (including phenoxy) is 8. The molecule has 0 spiro atoms. The molecule has 12 heteroatoms. The molecule has 0 saturated carbocycles. The van der Waals surface area contributed by atoms with E-state index in [0.29, 0.717) is 107 Å². The third-order valence-corrected chi connectivity index (χ3v) is 18.4. The van der Waals surface area contributed by atoms with E-state index in [-0.39, 0.29) is 26.4 Å². The number of para-hydroxylation sites is 2. The molecule has 0 amide bonds. The van der Waals surface area contributed by atoms with Crippen LogP contribution in [0.1, 0.15) is 0 Å². The molecule has 1 aliphatic heterocycles. The Hall–Kier alpha value is -6.74. The molecule has 0 fully saturated rings. The summed E-state index contributed by atoms with van der Waals surface area (Å²) >= 11 is 0. The first kappa shape index (κ1) is 50.2. The number of rotatable bonds is 6. The average molecular weight is 1000 g/mol. The van der Waals surface area contributed by atoms with Crippen molar-refractivity contribution >= 4 is 46.1 Å². The van der Waals surface area contributed by atoms with Crippen LogP contribution in [0.4, 0.5) is 0 Å². The monoisotopic (exact) mass is 1000 g/mol. The predicted octanol–water partition coefficient (Wildman–Crippen LogP) is 9.59. The lowest BCUT2D eigenvalue weighted by atomic mass is 10.0. The fraction of sp³-hybridized carbons (Fsp3) is 0.200. The minimum atomic E-state index is -3.72. The van der Waals surface area contributed by atoms with Crippen LogP contribution in [-0.4, -0.2) is 79.3 Å². The lowest BCUT2D eigenvalue weighted by Gasteiger charge is -2.29. The molecule has 1 aliphatic rings. The highest BCUT2D eigenvalue weighted by Gasteiger charge is 2.39. The maximum atomic E-state index is 16.6. The fourth-order valence-corrected chi connectivity index (χ4v) is 14.6. The Balaban J connectivity index is 1.10. The number of hydrogen-bond acceptors (Lipinski definition) is 10. The zero-order valence-electron chi connectivity index (χ0n) is 40.1. The highest BCUT2D eigenvalue weighted by atomic mass is 31.2. The molecule has 0 atom stereocenters. The molecule has 0 aromatic heterocycles. The van der Waals surface area contributed by atoms with Crippen molar-refractivity contribution in [1.82, 2.24) is 0 Å². The quantitative estimate of drug-likeness (QED) is 0.150. The molecule has 72 heavy (non-hydrogen) atoms. The van der Waals surface area contributed by atoms with Gasteiger partial charge in [0.05, 0.1) is 52.9 Å². The Morgan fingerprint density at radius 2 is 0.500 bits per heavy atom. The van der Waals surface area contributed by atoms with Crippen LogP contribution in [0, 0.1) is 0 Å². The van der Waals surface area contributed by atoms with Gasteiger partial charge in [-0.1, -0.05) is 170 Å². The van der Waals surface area contributed by atoms with Crippen LogP contribution >= 0.6 is 14.3 Å². The molecular weight excluding hydrogens is 943 g/mol. The second kappa shape index (κ2) is 25.1. The minimum absolute atomic E-state index is 0.145. The van der Waals surface area contributed by atoms with Crippen molar-refractivity contribution in [2.24, 2.45) is 0 Å². The average Bonchev–Trinajstić information content (AvgIpc) is 3.44. The van der Waals surface area contributed by atoms with E-state index >= 15 is 9.13 Å². The summed E-state index contributed by atoms with van der Waals surface area (Å²) in [5.74, 6) is 2.30. The van der Waals surface area contributed by atoms with Gasteiger partial charge in [-0.15, -0.1) is 0 Å². The Morgan fingerprint density at radius 1 is 0.250 bits per heavy atom. The van der Waals surface area contributed by atoms with Crippen molar-refractivity contribution in [3.8, 4) is 45.3 Å². The van der Waals surface area contributed by atoms with Crippen molar-refractivity contribution in [2.75, 3.05) is 79.3 Å². The van der Waals surface area contributed by atoms with E-state index in [1.807, 2.05) is 206 Å². The van der Waals surface area contributed by atoms with E-state index in [1.54, 1.807) is 0 Å². The van der Waals surface area contributed by atoms with Gasteiger partial charge < -0.3 is 47.0 Å². The molecule has 0 radical (unpaired) electrons. The summed E-state index contributed by atoms with van der Waals surface area (Å²) in [6.45, 7) is 3.44. The Bertz CT molecular complexity index is 2770. The van der Waals surface area contributed by atoms with Gasteiger partial charge >= 0.3 is 0 Å². The van der Waals surface area contributed by atoms with Gasteiger partial charge in [0.15, 0.2) is 14.3 Å². The molecular formula is C60H58O10P2. The highest BCUT2D eigenvalue weighted by Crippen LogP contribution is 2.52. The highest BCUT2D eigenvalue weighted by molar-refractivity contribution is 7.86. The molecule has 0 saturated heterocycles. The fourth-order valence-electron chi connectivity index (χ4n) is 8.83. The van der Waals surface area contributed by atoms with Gasteiger partial charge in [-0.05, 0) is 36.4 Å². The number of hydrogen-bond donors (Lipinski definition) is 0. The summed E-state index contributed by atoms with van der Waals surface area (Å²) in [4.78, 5) is 0. The van der Waals surface area contributed by atoms with Crippen LogP contribution in [0.15, 0.2) is 206 Å². The summed E-state index contributed by atoms with van der Waals surface area (Å²) in [5, 5.41) is 3.53. The number of benzene rings is 8. The molecule has 8 aromatic rings. The Morgan fingerprint density at radius 3 is 0.819 bits per heavy atom. The summed E-state index contributed by atoms with van der Waals surface area (Å²) in [7, 11) is -7.45. The summed E-state index contributed by atoms with van der Waals surface area (Å²) in [6.07, 6.45) is 0. The van der Waals surface area contributed by atoms with Crippen LogP contribution in [0.5, 0.6) is 23.0 Å². The normalized spacial score (nSPS) is 14.9. The predicted molar refractivity (Wildman–Crippen MR) is 288 cm³/mol. The summed E-state index contributed by atoms with van der Waals surface area (Å²) in [5.41, 5.74) is 2.84. The largest absolute Gasteiger partial charge is 0.491 e. The smallest absolute Gasteiger partial charge is 0.171 e. The van der Waals surface area contributed by atoms with Crippen molar-refractivity contribution in [2.45, 2.75) is 0 Å². The molecule has 0 bridgehead atoms. The maximum Gasteiger partial charge on any atom is 0.171 e. The van der Waals surface area contributed by atoms with Crippen LogP contribution in [0.25, 0.3) is 22.3 Å². The Labute approximate surface area is 422 Å². The third kappa shape index (κ3) is 11.6. The van der Waals surface area contributed by atoms with Crippen molar-refractivity contribution in [3.05, 3.63) is 206 Å². The zero-order valence-corrected chi connectivity index (χ0v) is 41.9. The third-order valence-electron chi connectivity index (χ3n) is 12.2. The van der Waals surface area contributed by atoms with E-state index in [4.69, 9.17) is 37.9 Å². The van der Waals surface area contributed by atoms with E-state index < -0.39 is 14.3 Å². The first-order chi connectivity index (χ1) is 35.6. The first-order valence-electron chi connectivity index (χ1n) is 24.3. The van der Waals surface area contributed by atoms with Gasteiger partial charge in [0.2, 0.25) is 0 Å². The van der Waals surface area contributed by atoms with Gasteiger partial charge in [0, 0.05) is 54.1 Å². The molecule has 8 aromatic carbocycles. The van der Waals surface area contributed by atoms with Gasteiger partial charge in [-0.25, -0.2) is 0 Å². The van der Waals surface area contributed by atoms with Gasteiger partial charge in [0.1, 0.15) is 49.4 Å². The zero-order chi connectivity index (χ0) is 49.3. The van der Waals surface area contributed by atoms with Crippen LogP contribution < -0.4 is 50.8 Å². The molecule has 1 heterocycles. The SMILES string of the molecule is O=P(c1ccccc1)(c1ccccc1)c1cccc2c1-c1c(cccc1P(=O)(c1ccccc1)c1ccccc1)OCCOCCOCCOc1ccccc1-c1ccccc1OCCOCCOCCO2. The van der Waals surface area contributed by atoms with Crippen LogP contribution in [0.3, 0.4) is 0 Å². The molecule has 10 nitrogen and oxygen atoms in total. The van der Waals surface area contributed by atoms with Gasteiger partial charge in [0.25, 0.3) is 0 Å². The first-order valence-corrected chi connectivity index (χ1v) is 27.7. The van der Waals surface area contributed by atoms with E-state index in [9.17, 15) is 0 Å². The summed E-state index contributed by atoms with van der Waals surface area (Å²) < 4.78 is 83.3. The number of fused-ring (bicyclic) bond motifs is 6. The molecule has 368 valence electrons. The topological polar surface area (TPSA) is 108 Å². The van der Waals surface area contributed by atoms with Crippen LogP contribution in [-0.2, 0) is 28.1 Å². The molecule has 0 aliphatic carbocycles. The molecule has 0 unspecified atom stereocenters. The van der Waals surface area contributed by atoms with E-state index in [1.165, 1.54) is 0 Å². The lowest BCUT2D eigenvalue weighted by Crippen LogP contribution is -2.30. The van der Waals surface area contributed by atoms with Gasteiger partial charge in [-0.2, -0.15) is 0 Å². The van der Waals surface area contributed by atoms with E-state index in [0.717, 1.165) is 22.6 Å². The summed E-state index contributed by atoms with van der Waals surface area (Å²) in [6, 6.07) is 65.0. The van der Waals surface area contributed by atoms with Crippen molar-refractivity contribution in [1.29, 1.82) is 0 Å². The maximum absolute atomic E-state index is 16.6. The molecule has 0 N–H and O–H groups in total. The minimum Gasteiger partial charge on any atom is -0.491 e. The molecule has 9 rings (SSSR count). The van der Waals surface area contributed by atoms with Crippen molar-refractivity contribution < 1.29 is 47.0 Å². The second-order valence-corrected chi connectivity index (χ2v) is 22.2. The second-order valence-electron chi connectivity index (χ2n) is 16.7. The standard InChI is InChI=1S/C60H58O10P2/c61-71(47-19-5-1-6-20-47,48-21-7-2-8-22-48)57-33-17-31-55-59(57)60-56(32-18-34-58(60)72(62,49-23-9-3-10-24-49)50-25-11-4-12-26-50)70-46-42-66-38-36-64-40-44-68-54-30-16-14-28-52(54)51-27-13-15-29-53(51)67-43-39-63-35-37-65-41-45-69-55/h1-34H,35-46H2. The van der Waals surface area contributed by atoms with Crippen LogP contribution in [0.2, 0.25) is 0 Å². The van der Waals surface area contributed by atoms with E-state index in [2.05, 4.69) is 0 Å². The van der Waals surface area contributed by atoms with Gasteiger partial charge in [-0.3, -0.25) is 0 Å². The Kier molecular flexibility index (Phi) is 17.5.